The summed E-state index contributed by atoms with van der Waals surface area (Å²) < 4.78 is 18.8. The van der Waals surface area contributed by atoms with Crippen molar-refractivity contribution in [3.8, 4) is 5.75 Å². The quantitative estimate of drug-likeness (QED) is 0.875. The van der Waals surface area contributed by atoms with Crippen LogP contribution in [0, 0.1) is 12.7 Å². The van der Waals surface area contributed by atoms with Crippen molar-refractivity contribution in [2.75, 3.05) is 20.7 Å². The average Bonchev–Trinajstić information content (AvgIpc) is 2.47. The molecular formula is C18H22FNO. The van der Waals surface area contributed by atoms with Gasteiger partial charge in [0, 0.05) is 12.5 Å². The number of benzene rings is 2. The van der Waals surface area contributed by atoms with Crippen LogP contribution < -0.4 is 10.1 Å². The Morgan fingerprint density at radius 3 is 2.57 bits per heavy atom. The highest BCUT2D eigenvalue weighted by molar-refractivity contribution is 5.34. The Kier molecular flexibility index (Phi) is 5.34. The Bertz CT molecular complexity index is 598. The maximum absolute atomic E-state index is 13.8. The van der Waals surface area contributed by atoms with E-state index < -0.39 is 0 Å². The van der Waals surface area contributed by atoms with Crippen molar-refractivity contribution >= 4 is 0 Å². The van der Waals surface area contributed by atoms with Gasteiger partial charge in [0.1, 0.15) is 0 Å². The molecule has 0 saturated heterocycles. The summed E-state index contributed by atoms with van der Waals surface area (Å²) in [7, 11) is 3.43. The van der Waals surface area contributed by atoms with Crippen LogP contribution in [0.1, 0.15) is 22.6 Å². The number of hydrogen-bond acceptors (Lipinski definition) is 2. The van der Waals surface area contributed by atoms with Crippen molar-refractivity contribution in [3.05, 3.63) is 65.0 Å². The molecule has 3 heteroatoms. The molecule has 2 aromatic rings. The third-order valence-electron chi connectivity index (χ3n) is 3.78. The lowest BCUT2D eigenvalue weighted by molar-refractivity contribution is 0.386. The molecule has 0 spiro atoms. The number of nitrogens with one attached hydrogen (secondary N) is 1. The van der Waals surface area contributed by atoms with Crippen LogP contribution in [0.4, 0.5) is 4.39 Å². The van der Waals surface area contributed by atoms with E-state index in [1.807, 2.05) is 19.2 Å². The molecule has 0 radical (unpaired) electrons. The zero-order valence-electron chi connectivity index (χ0n) is 12.8. The SMILES string of the molecule is CNCC(Cc1ccc(OC)c(F)c1)c1ccccc1C. The average molecular weight is 287 g/mol. The van der Waals surface area contributed by atoms with Crippen LogP contribution in [0.3, 0.4) is 0 Å². The lowest BCUT2D eigenvalue weighted by Crippen LogP contribution is -2.20. The molecule has 0 aromatic heterocycles. The first-order valence-corrected chi connectivity index (χ1v) is 7.18. The normalized spacial score (nSPS) is 12.2. The van der Waals surface area contributed by atoms with Gasteiger partial charge in [-0.1, -0.05) is 30.3 Å². The summed E-state index contributed by atoms with van der Waals surface area (Å²) in [5.74, 6) is 0.312. The van der Waals surface area contributed by atoms with Gasteiger partial charge in [-0.15, -0.1) is 0 Å². The van der Waals surface area contributed by atoms with Gasteiger partial charge in [-0.2, -0.15) is 0 Å². The van der Waals surface area contributed by atoms with Gasteiger partial charge in [-0.25, -0.2) is 4.39 Å². The van der Waals surface area contributed by atoms with Gasteiger partial charge >= 0.3 is 0 Å². The Balaban J connectivity index is 2.24. The third kappa shape index (κ3) is 3.82. The molecule has 112 valence electrons. The van der Waals surface area contributed by atoms with E-state index in [0.717, 1.165) is 18.5 Å². The molecule has 1 N–H and O–H groups in total. The van der Waals surface area contributed by atoms with Crippen LogP contribution in [-0.4, -0.2) is 20.7 Å². The molecular weight excluding hydrogens is 265 g/mol. The smallest absolute Gasteiger partial charge is 0.165 e. The largest absolute Gasteiger partial charge is 0.494 e. The van der Waals surface area contributed by atoms with E-state index in [9.17, 15) is 4.39 Å². The van der Waals surface area contributed by atoms with Gasteiger partial charge in [0.2, 0.25) is 0 Å². The van der Waals surface area contributed by atoms with E-state index in [2.05, 4.69) is 30.4 Å². The predicted octanol–water partition coefficient (Wildman–Crippen LogP) is 3.69. The molecule has 0 bridgehead atoms. The molecule has 21 heavy (non-hydrogen) atoms. The first kappa shape index (κ1) is 15.5. The van der Waals surface area contributed by atoms with Gasteiger partial charge in [0.25, 0.3) is 0 Å². The number of rotatable bonds is 6. The molecule has 2 rings (SSSR count). The fraction of sp³-hybridized carbons (Fsp3) is 0.333. The number of halogens is 1. The fourth-order valence-corrected chi connectivity index (χ4v) is 2.70. The van der Waals surface area contributed by atoms with E-state index in [-0.39, 0.29) is 5.82 Å². The molecule has 0 aliphatic rings. The molecule has 0 fully saturated rings. The number of methoxy groups -OCH3 is 1. The first-order chi connectivity index (χ1) is 10.2. The van der Waals surface area contributed by atoms with Crippen LogP contribution in [-0.2, 0) is 6.42 Å². The zero-order chi connectivity index (χ0) is 15.2. The molecule has 0 heterocycles. The van der Waals surface area contributed by atoms with Crippen molar-refractivity contribution in [1.82, 2.24) is 5.32 Å². The van der Waals surface area contributed by atoms with Gasteiger partial charge in [0.15, 0.2) is 11.6 Å². The Morgan fingerprint density at radius 1 is 1.19 bits per heavy atom. The zero-order valence-corrected chi connectivity index (χ0v) is 12.8. The third-order valence-corrected chi connectivity index (χ3v) is 3.78. The van der Waals surface area contributed by atoms with Gasteiger partial charge in [-0.05, 0) is 49.2 Å². The number of ether oxygens (including phenoxy) is 1. The monoisotopic (exact) mass is 287 g/mol. The standard InChI is InChI=1S/C18H22FNO/c1-13-6-4-5-7-16(13)15(12-20-2)10-14-8-9-18(21-3)17(19)11-14/h4-9,11,15,20H,10,12H2,1-3H3. The van der Waals surface area contributed by atoms with Gasteiger partial charge < -0.3 is 10.1 Å². The minimum atomic E-state index is -0.303. The first-order valence-electron chi connectivity index (χ1n) is 7.18. The van der Waals surface area contributed by atoms with E-state index in [1.165, 1.54) is 18.2 Å². The molecule has 1 atom stereocenters. The predicted molar refractivity (Wildman–Crippen MR) is 84.5 cm³/mol. The molecule has 0 aliphatic carbocycles. The highest BCUT2D eigenvalue weighted by atomic mass is 19.1. The van der Waals surface area contributed by atoms with E-state index in [0.29, 0.717) is 11.7 Å². The summed E-state index contributed by atoms with van der Waals surface area (Å²) in [6.07, 6.45) is 0.798. The minimum absolute atomic E-state index is 0.291. The number of likely N-dealkylation sites (N-methyl/N-ethyl adjacent to an activating group) is 1. The summed E-state index contributed by atoms with van der Waals surface area (Å²) in [5, 5.41) is 3.23. The summed E-state index contributed by atoms with van der Waals surface area (Å²) in [4.78, 5) is 0. The maximum atomic E-state index is 13.8. The van der Waals surface area contributed by atoms with Crippen molar-refractivity contribution in [1.29, 1.82) is 0 Å². The van der Waals surface area contributed by atoms with Crippen molar-refractivity contribution in [3.63, 3.8) is 0 Å². The highest BCUT2D eigenvalue weighted by Gasteiger charge is 2.15. The summed E-state index contributed by atoms with van der Waals surface area (Å²) in [6.45, 7) is 2.98. The summed E-state index contributed by atoms with van der Waals surface area (Å²) in [5.41, 5.74) is 3.56. The van der Waals surface area contributed by atoms with Crippen LogP contribution in [0.5, 0.6) is 5.75 Å². The van der Waals surface area contributed by atoms with E-state index in [4.69, 9.17) is 4.74 Å². The highest BCUT2D eigenvalue weighted by Crippen LogP contribution is 2.25. The van der Waals surface area contributed by atoms with E-state index >= 15 is 0 Å². The fourth-order valence-electron chi connectivity index (χ4n) is 2.70. The van der Waals surface area contributed by atoms with Crippen molar-refractivity contribution in [2.45, 2.75) is 19.3 Å². The molecule has 1 unspecified atom stereocenters. The maximum Gasteiger partial charge on any atom is 0.165 e. The molecule has 0 saturated carbocycles. The van der Waals surface area contributed by atoms with Crippen LogP contribution >= 0.6 is 0 Å². The van der Waals surface area contributed by atoms with Crippen LogP contribution in [0.15, 0.2) is 42.5 Å². The minimum Gasteiger partial charge on any atom is -0.494 e. The summed E-state index contributed by atoms with van der Waals surface area (Å²) in [6, 6.07) is 13.6. The van der Waals surface area contributed by atoms with Gasteiger partial charge in [0.05, 0.1) is 7.11 Å². The second-order valence-corrected chi connectivity index (χ2v) is 5.28. The lowest BCUT2D eigenvalue weighted by Gasteiger charge is -2.19. The summed E-state index contributed by atoms with van der Waals surface area (Å²) >= 11 is 0. The van der Waals surface area contributed by atoms with Crippen molar-refractivity contribution < 1.29 is 9.13 Å². The topological polar surface area (TPSA) is 21.3 Å². The Labute approximate surface area is 126 Å². The van der Waals surface area contributed by atoms with Crippen LogP contribution in [0.2, 0.25) is 0 Å². The number of aryl methyl sites for hydroxylation is 1. The molecule has 2 nitrogen and oxygen atoms in total. The second-order valence-electron chi connectivity index (χ2n) is 5.28. The Morgan fingerprint density at radius 2 is 1.95 bits per heavy atom. The number of hydrogen-bond donors (Lipinski definition) is 1. The lowest BCUT2D eigenvalue weighted by atomic mass is 9.89. The van der Waals surface area contributed by atoms with Crippen LogP contribution in [0.25, 0.3) is 0 Å². The molecule has 0 aliphatic heterocycles. The molecule has 2 aromatic carbocycles. The van der Waals surface area contributed by atoms with Gasteiger partial charge in [-0.3, -0.25) is 0 Å². The second kappa shape index (κ2) is 7.23. The van der Waals surface area contributed by atoms with E-state index in [1.54, 1.807) is 12.1 Å². The Hall–Kier alpha value is -1.87. The van der Waals surface area contributed by atoms with Crippen molar-refractivity contribution in [2.24, 2.45) is 0 Å². The molecule has 0 amide bonds.